The standard InChI is InChI=1S/C17H21N3/c1-12-7-8-14-5-3-4-6-17(14)20(12)15-9-10-16(13(2)18)19-11-15/h3-6,9-13H,7-8,18H2,1-2H3. The highest BCUT2D eigenvalue weighted by atomic mass is 15.2. The van der Waals surface area contributed by atoms with E-state index in [0.717, 1.165) is 17.8 Å². The van der Waals surface area contributed by atoms with Crippen molar-refractivity contribution in [3.8, 4) is 0 Å². The van der Waals surface area contributed by atoms with Gasteiger partial charge >= 0.3 is 0 Å². The molecule has 0 saturated carbocycles. The van der Waals surface area contributed by atoms with Gasteiger partial charge in [-0.2, -0.15) is 0 Å². The minimum absolute atomic E-state index is 0.0184. The van der Waals surface area contributed by atoms with Gasteiger partial charge < -0.3 is 10.6 Å². The predicted molar refractivity (Wildman–Crippen MR) is 83.2 cm³/mol. The van der Waals surface area contributed by atoms with Gasteiger partial charge in [-0.25, -0.2) is 0 Å². The van der Waals surface area contributed by atoms with Gasteiger partial charge in [-0.1, -0.05) is 18.2 Å². The maximum atomic E-state index is 5.87. The Kier molecular flexibility index (Phi) is 3.45. The number of nitrogens with zero attached hydrogens (tertiary/aromatic N) is 2. The summed E-state index contributed by atoms with van der Waals surface area (Å²) < 4.78 is 0. The average Bonchev–Trinajstić information content (AvgIpc) is 2.47. The van der Waals surface area contributed by atoms with Crippen LogP contribution in [0.5, 0.6) is 0 Å². The summed E-state index contributed by atoms with van der Waals surface area (Å²) >= 11 is 0. The Morgan fingerprint density at radius 3 is 2.75 bits per heavy atom. The Morgan fingerprint density at radius 1 is 1.25 bits per heavy atom. The number of hydrogen-bond acceptors (Lipinski definition) is 3. The molecule has 2 heterocycles. The third-order valence-corrected chi connectivity index (χ3v) is 4.04. The van der Waals surface area contributed by atoms with Gasteiger partial charge in [-0.3, -0.25) is 4.98 Å². The minimum Gasteiger partial charge on any atom is -0.337 e. The van der Waals surface area contributed by atoms with Crippen LogP contribution in [0.4, 0.5) is 11.4 Å². The van der Waals surface area contributed by atoms with Crippen LogP contribution < -0.4 is 10.6 Å². The fourth-order valence-electron chi connectivity index (χ4n) is 2.89. The summed E-state index contributed by atoms with van der Waals surface area (Å²) in [7, 11) is 0. The van der Waals surface area contributed by atoms with Gasteiger partial charge in [0.2, 0.25) is 0 Å². The zero-order valence-electron chi connectivity index (χ0n) is 12.1. The van der Waals surface area contributed by atoms with Crippen molar-refractivity contribution in [2.24, 2.45) is 5.73 Å². The lowest BCUT2D eigenvalue weighted by atomic mass is 9.96. The first-order chi connectivity index (χ1) is 9.66. The molecular weight excluding hydrogens is 246 g/mol. The van der Waals surface area contributed by atoms with E-state index in [0.29, 0.717) is 6.04 Å². The molecule has 20 heavy (non-hydrogen) atoms. The lowest BCUT2D eigenvalue weighted by Crippen LogP contribution is -2.33. The maximum Gasteiger partial charge on any atom is 0.0600 e. The molecule has 1 aromatic carbocycles. The second kappa shape index (κ2) is 5.25. The molecule has 2 atom stereocenters. The fourth-order valence-corrected chi connectivity index (χ4v) is 2.89. The van der Waals surface area contributed by atoms with Crippen molar-refractivity contribution in [2.75, 3.05) is 4.90 Å². The quantitative estimate of drug-likeness (QED) is 0.904. The number of hydrogen-bond donors (Lipinski definition) is 1. The molecule has 1 aliphatic heterocycles. The molecule has 2 unspecified atom stereocenters. The number of aryl methyl sites for hydroxylation is 1. The molecule has 0 saturated heterocycles. The number of para-hydroxylation sites is 1. The molecule has 0 amide bonds. The van der Waals surface area contributed by atoms with Crippen LogP contribution in [0.15, 0.2) is 42.6 Å². The van der Waals surface area contributed by atoms with Crippen molar-refractivity contribution in [2.45, 2.75) is 38.8 Å². The van der Waals surface area contributed by atoms with Crippen LogP contribution in [0.2, 0.25) is 0 Å². The van der Waals surface area contributed by atoms with Gasteiger partial charge in [-0.05, 0) is 50.5 Å². The fraction of sp³-hybridized carbons (Fsp3) is 0.353. The van der Waals surface area contributed by atoms with Gasteiger partial charge in [-0.15, -0.1) is 0 Å². The third-order valence-electron chi connectivity index (χ3n) is 4.04. The summed E-state index contributed by atoms with van der Waals surface area (Å²) in [6, 6.07) is 13.3. The van der Waals surface area contributed by atoms with Crippen LogP contribution in [0.1, 0.15) is 37.6 Å². The molecule has 0 fully saturated rings. The number of aromatic nitrogens is 1. The van der Waals surface area contributed by atoms with Crippen molar-refractivity contribution in [3.05, 3.63) is 53.9 Å². The Morgan fingerprint density at radius 2 is 2.05 bits per heavy atom. The van der Waals surface area contributed by atoms with Crippen LogP contribution in [0.25, 0.3) is 0 Å². The van der Waals surface area contributed by atoms with E-state index in [1.807, 2.05) is 19.2 Å². The number of benzene rings is 1. The van der Waals surface area contributed by atoms with Gasteiger partial charge in [0, 0.05) is 17.8 Å². The molecule has 2 N–H and O–H groups in total. The van der Waals surface area contributed by atoms with E-state index in [-0.39, 0.29) is 6.04 Å². The Balaban J connectivity index is 2.00. The first kappa shape index (κ1) is 13.1. The van der Waals surface area contributed by atoms with E-state index < -0.39 is 0 Å². The van der Waals surface area contributed by atoms with Crippen molar-refractivity contribution in [1.29, 1.82) is 0 Å². The van der Waals surface area contributed by atoms with Crippen molar-refractivity contribution >= 4 is 11.4 Å². The van der Waals surface area contributed by atoms with E-state index in [1.54, 1.807) is 0 Å². The highest BCUT2D eigenvalue weighted by Gasteiger charge is 2.24. The van der Waals surface area contributed by atoms with Gasteiger partial charge in [0.15, 0.2) is 0 Å². The Hall–Kier alpha value is -1.87. The average molecular weight is 267 g/mol. The molecule has 1 aromatic heterocycles. The monoisotopic (exact) mass is 267 g/mol. The van der Waals surface area contributed by atoms with E-state index >= 15 is 0 Å². The molecule has 0 aliphatic carbocycles. The Bertz CT molecular complexity index is 589. The lowest BCUT2D eigenvalue weighted by molar-refractivity contribution is 0.617. The molecule has 1 aliphatic rings. The topological polar surface area (TPSA) is 42.1 Å². The molecular formula is C17H21N3. The molecule has 0 radical (unpaired) electrons. The number of fused-ring (bicyclic) bond motifs is 1. The van der Waals surface area contributed by atoms with E-state index in [1.165, 1.54) is 17.7 Å². The molecule has 2 aromatic rings. The highest BCUT2D eigenvalue weighted by Crippen LogP contribution is 2.36. The predicted octanol–water partition coefficient (Wildman–Crippen LogP) is 3.57. The van der Waals surface area contributed by atoms with Gasteiger partial charge in [0.1, 0.15) is 0 Å². The SMILES string of the molecule is CC(N)c1ccc(N2c3ccccc3CCC2C)cn1. The summed E-state index contributed by atoms with van der Waals surface area (Å²) in [6.07, 6.45) is 4.27. The molecule has 3 nitrogen and oxygen atoms in total. The first-order valence-electron chi connectivity index (χ1n) is 7.25. The van der Waals surface area contributed by atoms with Crippen LogP contribution in [-0.4, -0.2) is 11.0 Å². The summed E-state index contributed by atoms with van der Waals surface area (Å²) in [5, 5.41) is 0. The summed E-state index contributed by atoms with van der Waals surface area (Å²) in [6.45, 7) is 4.23. The largest absolute Gasteiger partial charge is 0.337 e. The van der Waals surface area contributed by atoms with Crippen molar-refractivity contribution in [1.82, 2.24) is 4.98 Å². The number of rotatable bonds is 2. The van der Waals surface area contributed by atoms with E-state index in [2.05, 4.69) is 47.1 Å². The van der Waals surface area contributed by atoms with Crippen LogP contribution >= 0.6 is 0 Å². The maximum absolute atomic E-state index is 5.87. The summed E-state index contributed by atoms with van der Waals surface area (Å²) in [5.74, 6) is 0. The first-order valence-corrected chi connectivity index (χ1v) is 7.25. The number of pyridine rings is 1. The second-order valence-electron chi connectivity index (χ2n) is 5.62. The van der Waals surface area contributed by atoms with Gasteiger partial charge in [0.05, 0.1) is 17.6 Å². The summed E-state index contributed by atoms with van der Waals surface area (Å²) in [4.78, 5) is 6.88. The third kappa shape index (κ3) is 2.29. The van der Waals surface area contributed by atoms with E-state index in [9.17, 15) is 0 Å². The van der Waals surface area contributed by atoms with Crippen molar-refractivity contribution < 1.29 is 0 Å². The minimum atomic E-state index is -0.0184. The Labute approximate surface area is 120 Å². The van der Waals surface area contributed by atoms with Gasteiger partial charge in [0.25, 0.3) is 0 Å². The normalized spacial score (nSPS) is 19.6. The summed E-state index contributed by atoms with van der Waals surface area (Å²) in [5.41, 5.74) is 10.7. The lowest BCUT2D eigenvalue weighted by Gasteiger charge is -2.37. The smallest absolute Gasteiger partial charge is 0.0600 e. The second-order valence-corrected chi connectivity index (χ2v) is 5.62. The number of anilines is 2. The van der Waals surface area contributed by atoms with Crippen LogP contribution in [0.3, 0.4) is 0 Å². The van der Waals surface area contributed by atoms with Crippen LogP contribution in [0, 0.1) is 0 Å². The molecule has 104 valence electrons. The molecule has 3 heteroatoms. The number of nitrogens with two attached hydrogens (primary N) is 1. The van der Waals surface area contributed by atoms with Crippen LogP contribution in [-0.2, 0) is 6.42 Å². The van der Waals surface area contributed by atoms with E-state index in [4.69, 9.17) is 5.73 Å². The molecule has 0 bridgehead atoms. The zero-order chi connectivity index (χ0) is 14.1. The molecule has 3 rings (SSSR count). The highest BCUT2D eigenvalue weighted by molar-refractivity contribution is 5.68. The van der Waals surface area contributed by atoms with Crippen molar-refractivity contribution in [3.63, 3.8) is 0 Å². The molecule has 0 spiro atoms. The zero-order valence-corrected chi connectivity index (χ0v) is 12.1.